The van der Waals surface area contributed by atoms with Crippen molar-refractivity contribution >= 4 is 23.3 Å². The van der Waals surface area contributed by atoms with E-state index in [9.17, 15) is 14.4 Å². The molecule has 7 nitrogen and oxygen atoms in total. The van der Waals surface area contributed by atoms with E-state index in [2.05, 4.69) is 5.32 Å². The summed E-state index contributed by atoms with van der Waals surface area (Å²) < 4.78 is 15.7. The van der Waals surface area contributed by atoms with E-state index >= 15 is 0 Å². The smallest absolute Gasteiger partial charge is 0.306 e. The maximum absolute atomic E-state index is 12.3. The van der Waals surface area contributed by atoms with Crippen LogP contribution in [0.1, 0.15) is 41.6 Å². The van der Waals surface area contributed by atoms with Gasteiger partial charge in [0.25, 0.3) is 0 Å². The SMILES string of the molecule is COc1ccc(OCCCC(=O)OCC(=O)c2ccc3c(c2)[C@@H](C)C(=O)N3)cc1. The molecule has 1 heterocycles. The summed E-state index contributed by atoms with van der Waals surface area (Å²) in [4.78, 5) is 35.8. The van der Waals surface area contributed by atoms with Crippen molar-refractivity contribution < 1.29 is 28.6 Å². The van der Waals surface area contributed by atoms with E-state index < -0.39 is 5.97 Å². The van der Waals surface area contributed by atoms with Crippen molar-refractivity contribution in [3.63, 3.8) is 0 Å². The normalized spacial score (nSPS) is 14.7. The van der Waals surface area contributed by atoms with Gasteiger partial charge in [0.05, 0.1) is 19.6 Å². The van der Waals surface area contributed by atoms with Crippen molar-refractivity contribution in [2.24, 2.45) is 0 Å². The molecule has 29 heavy (non-hydrogen) atoms. The van der Waals surface area contributed by atoms with Gasteiger partial charge in [-0.25, -0.2) is 0 Å². The molecular formula is C22H23NO6. The second kappa shape index (κ2) is 9.23. The van der Waals surface area contributed by atoms with E-state index in [0.717, 1.165) is 11.3 Å². The standard InChI is InChI=1S/C22H23NO6/c1-14-18-12-15(5-10-19(18)23-22(14)26)20(24)13-29-21(25)4-3-11-28-17-8-6-16(27-2)7-9-17/h5-10,12,14H,3-4,11,13H2,1-2H3,(H,23,26)/t14-/m1/s1. The molecule has 0 aliphatic carbocycles. The third kappa shape index (κ3) is 5.13. The Hall–Kier alpha value is -3.35. The first-order valence-corrected chi connectivity index (χ1v) is 9.38. The van der Waals surface area contributed by atoms with Crippen molar-refractivity contribution in [1.29, 1.82) is 0 Å². The summed E-state index contributed by atoms with van der Waals surface area (Å²) in [7, 11) is 1.59. The van der Waals surface area contributed by atoms with Gasteiger partial charge < -0.3 is 19.5 Å². The predicted molar refractivity (Wildman–Crippen MR) is 106 cm³/mol. The van der Waals surface area contributed by atoms with Crippen LogP contribution in [0.25, 0.3) is 0 Å². The zero-order valence-electron chi connectivity index (χ0n) is 16.4. The van der Waals surface area contributed by atoms with Gasteiger partial charge in [-0.3, -0.25) is 14.4 Å². The number of esters is 1. The Balaban J connectivity index is 1.39. The summed E-state index contributed by atoms with van der Waals surface area (Å²) in [6.45, 7) is 1.81. The highest BCUT2D eigenvalue weighted by atomic mass is 16.5. The van der Waals surface area contributed by atoms with Crippen LogP contribution in [0.3, 0.4) is 0 Å². The molecule has 1 N–H and O–H groups in total. The van der Waals surface area contributed by atoms with Crippen molar-refractivity contribution in [3.05, 3.63) is 53.6 Å². The van der Waals surface area contributed by atoms with Gasteiger partial charge in [-0.1, -0.05) is 0 Å². The fourth-order valence-corrected chi connectivity index (χ4v) is 2.97. The number of hydrogen-bond acceptors (Lipinski definition) is 6. The van der Waals surface area contributed by atoms with Crippen LogP contribution in [0.5, 0.6) is 11.5 Å². The lowest BCUT2D eigenvalue weighted by Crippen LogP contribution is -2.15. The highest BCUT2D eigenvalue weighted by molar-refractivity contribution is 6.05. The molecule has 2 aromatic rings. The molecule has 3 rings (SSSR count). The number of rotatable bonds is 9. The first-order valence-electron chi connectivity index (χ1n) is 9.38. The topological polar surface area (TPSA) is 90.9 Å². The molecule has 0 spiro atoms. The summed E-state index contributed by atoms with van der Waals surface area (Å²) in [6.07, 6.45) is 0.631. The number of ether oxygens (including phenoxy) is 3. The molecule has 0 bridgehead atoms. The fraction of sp³-hybridized carbons (Fsp3) is 0.318. The molecule has 2 aromatic carbocycles. The maximum atomic E-state index is 12.3. The van der Waals surface area contributed by atoms with Gasteiger partial charge in [-0.15, -0.1) is 0 Å². The molecule has 0 unspecified atom stereocenters. The Labute approximate surface area is 169 Å². The fourth-order valence-electron chi connectivity index (χ4n) is 2.97. The van der Waals surface area contributed by atoms with Crippen LogP contribution in [0.4, 0.5) is 5.69 Å². The van der Waals surface area contributed by atoms with Crippen LogP contribution in [-0.2, 0) is 14.3 Å². The van der Waals surface area contributed by atoms with E-state index in [1.807, 2.05) is 0 Å². The van der Waals surface area contributed by atoms with Crippen molar-refractivity contribution in [2.45, 2.75) is 25.7 Å². The van der Waals surface area contributed by atoms with Crippen LogP contribution >= 0.6 is 0 Å². The molecule has 0 radical (unpaired) electrons. The molecule has 1 aliphatic heterocycles. The molecule has 1 amide bonds. The van der Waals surface area contributed by atoms with Gasteiger partial charge >= 0.3 is 5.97 Å². The van der Waals surface area contributed by atoms with Gasteiger partial charge in [0.15, 0.2) is 12.4 Å². The van der Waals surface area contributed by atoms with Crippen LogP contribution in [0.15, 0.2) is 42.5 Å². The van der Waals surface area contributed by atoms with Gasteiger partial charge in [-0.2, -0.15) is 0 Å². The third-order valence-electron chi connectivity index (χ3n) is 4.71. The monoisotopic (exact) mass is 397 g/mol. The number of hydrogen-bond donors (Lipinski definition) is 1. The number of amides is 1. The summed E-state index contributed by atoms with van der Waals surface area (Å²) in [5, 5.41) is 2.76. The van der Waals surface area contributed by atoms with E-state index in [1.165, 1.54) is 0 Å². The van der Waals surface area contributed by atoms with Gasteiger partial charge in [0.2, 0.25) is 5.91 Å². The molecule has 0 saturated carbocycles. The summed E-state index contributed by atoms with van der Waals surface area (Å²) >= 11 is 0. The minimum Gasteiger partial charge on any atom is -0.497 e. The Bertz CT molecular complexity index is 906. The lowest BCUT2D eigenvalue weighted by atomic mass is 9.99. The van der Waals surface area contributed by atoms with Crippen molar-refractivity contribution in [2.75, 3.05) is 25.6 Å². The minimum absolute atomic E-state index is 0.0899. The summed E-state index contributed by atoms with van der Waals surface area (Å²) in [6, 6.07) is 12.2. The maximum Gasteiger partial charge on any atom is 0.306 e. The highest BCUT2D eigenvalue weighted by Crippen LogP contribution is 2.32. The lowest BCUT2D eigenvalue weighted by molar-refractivity contribution is -0.142. The first-order chi connectivity index (χ1) is 14.0. The Morgan fingerprint density at radius 1 is 1.07 bits per heavy atom. The van der Waals surface area contributed by atoms with E-state index in [4.69, 9.17) is 14.2 Å². The molecule has 1 aliphatic rings. The Morgan fingerprint density at radius 3 is 2.52 bits per heavy atom. The molecule has 152 valence electrons. The Kier molecular flexibility index (Phi) is 6.49. The molecule has 1 atom stereocenters. The highest BCUT2D eigenvalue weighted by Gasteiger charge is 2.27. The number of ketones is 1. The van der Waals surface area contributed by atoms with Crippen LogP contribution in [-0.4, -0.2) is 38.0 Å². The summed E-state index contributed by atoms with van der Waals surface area (Å²) in [5.74, 6) is 0.281. The average molecular weight is 397 g/mol. The minimum atomic E-state index is -0.456. The molecule has 0 saturated heterocycles. The van der Waals surface area contributed by atoms with Crippen molar-refractivity contribution in [1.82, 2.24) is 0 Å². The number of carbonyl (C=O) groups excluding carboxylic acids is 3. The van der Waals surface area contributed by atoms with Crippen LogP contribution in [0.2, 0.25) is 0 Å². The zero-order valence-corrected chi connectivity index (χ0v) is 16.4. The number of Topliss-reactive ketones (excluding diaryl/α,β-unsaturated/α-hetero) is 1. The predicted octanol–water partition coefficient (Wildman–Crippen LogP) is 3.34. The number of benzene rings is 2. The molecule has 0 aromatic heterocycles. The van der Waals surface area contributed by atoms with Gasteiger partial charge in [-0.05, 0) is 61.4 Å². The molecule has 7 heteroatoms. The lowest BCUT2D eigenvalue weighted by Gasteiger charge is -2.08. The zero-order chi connectivity index (χ0) is 20.8. The van der Waals surface area contributed by atoms with Gasteiger partial charge in [0, 0.05) is 17.7 Å². The average Bonchev–Trinajstić information content (AvgIpc) is 3.03. The van der Waals surface area contributed by atoms with Crippen LogP contribution in [0, 0.1) is 0 Å². The quantitative estimate of drug-likeness (QED) is 0.396. The van der Waals surface area contributed by atoms with E-state index in [-0.39, 0.29) is 30.6 Å². The first kappa shape index (κ1) is 20.4. The van der Waals surface area contributed by atoms with Crippen LogP contribution < -0.4 is 14.8 Å². The third-order valence-corrected chi connectivity index (χ3v) is 4.71. The summed E-state index contributed by atoms with van der Waals surface area (Å²) in [5.41, 5.74) is 1.92. The molecule has 0 fully saturated rings. The largest absolute Gasteiger partial charge is 0.497 e. The van der Waals surface area contributed by atoms with E-state index in [1.54, 1.807) is 56.5 Å². The number of fused-ring (bicyclic) bond motifs is 1. The second-order valence-corrected chi connectivity index (χ2v) is 6.72. The number of nitrogens with one attached hydrogen (secondary N) is 1. The number of methoxy groups -OCH3 is 1. The molecular weight excluding hydrogens is 374 g/mol. The second-order valence-electron chi connectivity index (χ2n) is 6.72. The number of anilines is 1. The number of carbonyl (C=O) groups is 3. The van der Waals surface area contributed by atoms with Crippen molar-refractivity contribution in [3.8, 4) is 11.5 Å². The Morgan fingerprint density at radius 2 is 1.79 bits per heavy atom. The van der Waals surface area contributed by atoms with E-state index in [0.29, 0.717) is 30.0 Å². The van der Waals surface area contributed by atoms with Gasteiger partial charge in [0.1, 0.15) is 11.5 Å².